The maximum atomic E-state index is 13.9. The summed E-state index contributed by atoms with van der Waals surface area (Å²) in [4.78, 5) is 20.2. The van der Waals surface area contributed by atoms with Gasteiger partial charge in [-0.25, -0.2) is 14.4 Å². The van der Waals surface area contributed by atoms with Crippen LogP contribution in [0.15, 0.2) is 73.1 Å². The molecule has 7 rings (SSSR count). The Kier molecular flexibility index (Phi) is 5.25. The molecule has 8 heteroatoms. The first kappa shape index (κ1) is 21.8. The van der Waals surface area contributed by atoms with Crippen molar-refractivity contribution in [1.82, 2.24) is 35.0 Å². The van der Waals surface area contributed by atoms with Gasteiger partial charge in [-0.1, -0.05) is 24.3 Å². The highest BCUT2D eigenvalue weighted by molar-refractivity contribution is 5.96. The van der Waals surface area contributed by atoms with Crippen molar-refractivity contribution in [3.05, 3.63) is 84.4 Å². The zero-order valence-electron chi connectivity index (χ0n) is 20.1. The first-order valence-electron chi connectivity index (χ1n) is 12.5. The standard InChI is InChI=1S/C29H24FN7/c30-21-6-3-5-19(14-21)22-7-4-8-24-26(22)34-29(33-24)28-27-25(35-36-28)10-9-23(32-27)20-13-18(15-31-16-20)17-37-11-1-2-12-37/h3-10,13-16H,1-2,11-12,17H2,(H,33,34)(H,35,36). The van der Waals surface area contributed by atoms with Gasteiger partial charge in [0.2, 0.25) is 0 Å². The third-order valence-electron chi connectivity index (χ3n) is 6.98. The van der Waals surface area contributed by atoms with Gasteiger partial charge in [-0.3, -0.25) is 15.0 Å². The van der Waals surface area contributed by atoms with Crippen molar-refractivity contribution >= 4 is 22.1 Å². The maximum absolute atomic E-state index is 13.9. The van der Waals surface area contributed by atoms with Crippen LogP contribution in [0.5, 0.6) is 0 Å². The highest BCUT2D eigenvalue weighted by atomic mass is 19.1. The molecule has 4 aromatic heterocycles. The van der Waals surface area contributed by atoms with E-state index in [1.54, 1.807) is 6.07 Å². The number of hydrogen-bond acceptors (Lipinski definition) is 5. The van der Waals surface area contributed by atoms with Crippen LogP contribution in [0.4, 0.5) is 4.39 Å². The molecule has 0 radical (unpaired) electrons. The van der Waals surface area contributed by atoms with E-state index in [9.17, 15) is 4.39 Å². The van der Waals surface area contributed by atoms with E-state index >= 15 is 0 Å². The predicted molar refractivity (Wildman–Crippen MR) is 142 cm³/mol. The summed E-state index contributed by atoms with van der Waals surface area (Å²) in [6.07, 6.45) is 6.32. The monoisotopic (exact) mass is 489 g/mol. The fourth-order valence-corrected chi connectivity index (χ4v) is 5.17. The van der Waals surface area contributed by atoms with E-state index in [-0.39, 0.29) is 5.82 Å². The molecule has 7 nitrogen and oxygen atoms in total. The lowest BCUT2D eigenvalue weighted by Crippen LogP contribution is -2.18. The van der Waals surface area contributed by atoms with E-state index in [2.05, 4.69) is 31.1 Å². The fourth-order valence-electron chi connectivity index (χ4n) is 5.17. The van der Waals surface area contributed by atoms with Crippen molar-refractivity contribution in [2.24, 2.45) is 0 Å². The number of benzene rings is 2. The summed E-state index contributed by atoms with van der Waals surface area (Å²) in [6.45, 7) is 3.20. The molecule has 1 fully saturated rings. The quantitative estimate of drug-likeness (QED) is 0.312. The zero-order chi connectivity index (χ0) is 24.8. The molecule has 37 heavy (non-hydrogen) atoms. The average molecular weight is 490 g/mol. The third kappa shape index (κ3) is 4.05. The summed E-state index contributed by atoms with van der Waals surface area (Å²) < 4.78 is 13.9. The molecule has 1 saturated heterocycles. The van der Waals surface area contributed by atoms with Gasteiger partial charge in [-0.2, -0.15) is 5.10 Å². The number of nitrogens with one attached hydrogen (secondary N) is 2. The van der Waals surface area contributed by atoms with Crippen LogP contribution in [-0.4, -0.2) is 48.1 Å². The molecule has 6 aromatic rings. The van der Waals surface area contributed by atoms with E-state index in [4.69, 9.17) is 9.97 Å². The number of imidazole rings is 1. The molecule has 0 amide bonds. The van der Waals surface area contributed by atoms with Crippen LogP contribution in [-0.2, 0) is 6.54 Å². The van der Waals surface area contributed by atoms with Crippen molar-refractivity contribution in [2.75, 3.05) is 13.1 Å². The summed E-state index contributed by atoms with van der Waals surface area (Å²) in [5.41, 5.74) is 8.43. The van der Waals surface area contributed by atoms with Crippen LogP contribution >= 0.6 is 0 Å². The fraction of sp³-hybridized carbons (Fsp3) is 0.172. The van der Waals surface area contributed by atoms with Gasteiger partial charge in [0.15, 0.2) is 11.5 Å². The number of H-pyrrole nitrogens is 2. The molecule has 2 N–H and O–H groups in total. The average Bonchev–Trinajstić information content (AvgIpc) is 3.67. The molecule has 0 aliphatic carbocycles. The summed E-state index contributed by atoms with van der Waals surface area (Å²) in [7, 11) is 0. The topological polar surface area (TPSA) is 86.4 Å². The molecule has 0 atom stereocenters. The Labute approximate surface area is 212 Å². The van der Waals surface area contributed by atoms with E-state index in [1.165, 1.54) is 30.5 Å². The lowest BCUT2D eigenvalue weighted by atomic mass is 10.0. The Morgan fingerprint density at radius 2 is 1.73 bits per heavy atom. The number of aromatic amines is 2. The SMILES string of the molecule is Fc1cccc(-c2cccc3[nH]c(-c4n[nH]c5ccc(-c6cncc(CN7CCCC7)c6)nc45)nc23)c1. The van der Waals surface area contributed by atoms with E-state index < -0.39 is 0 Å². The van der Waals surface area contributed by atoms with E-state index in [0.717, 1.165) is 64.1 Å². The minimum Gasteiger partial charge on any atom is -0.336 e. The summed E-state index contributed by atoms with van der Waals surface area (Å²) in [5.74, 6) is 0.329. The molecular weight excluding hydrogens is 465 g/mol. The second-order valence-electron chi connectivity index (χ2n) is 9.53. The van der Waals surface area contributed by atoms with Crippen LogP contribution in [0.25, 0.3) is 56.0 Å². The van der Waals surface area contributed by atoms with Crippen LogP contribution in [0.2, 0.25) is 0 Å². The molecule has 1 aliphatic rings. The number of hydrogen-bond donors (Lipinski definition) is 2. The largest absolute Gasteiger partial charge is 0.336 e. The van der Waals surface area contributed by atoms with Crippen LogP contribution in [0.3, 0.4) is 0 Å². The number of pyridine rings is 2. The number of rotatable bonds is 5. The maximum Gasteiger partial charge on any atom is 0.161 e. The van der Waals surface area contributed by atoms with Gasteiger partial charge in [0.05, 0.1) is 22.2 Å². The molecule has 5 heterocycles. The van der Waals surface area contributed by atoms with Gasteiger partial charge in [-0.05, 0) is 73.5 Å². The predicted octanol–water partition coefficient (Wildman–Crippen LogP) is 5.97. The van der Waals surface area contributed by atoms with E-state index in [0.29, 0.717) is 11.5 Å². The highest BCUT2D eigenvalue weighted by Gasteiger charge is 2.18. The van der Waals surface area contributed by atoms with Gasteiger partial charge >= 0.3 is 0 Å². The first-order valence-corrected chi connectivity index (χ1v) is 12.5. The molecule has 0 bridgehead atoms. The molecule has 2 aromatic carbocycles. The molecular formula is C29H24FN7. The van der Waals surface area contributed by atoms with Crippen LogP contribution < -0.4 is 0 Å². The van der Waals surface area contributed by atoms with Gasteiger partial charge in [0.25, 0.3) is 0 Å². The van der Waals surface area contributed by atoms with Crippen molar-refractivity contribution in [2.45, 2.75) is 19.4 Å². The van der Waals surface area contributed by atoms with Crippen LogP contribution in [0, 0.1) is 5.82 Å². The van der Waals surface area contributed by atoms with Crippen LogP contribution in [0.1, 0.15) is 18.4 Å². The number of halogens is 1. The minimum atomic E-state index is -0.278. The Hall–Kier alpha value is -4.43. The Morgan fingerprint density at radius 1 is 0.838 bits per heavy atom. The number of likely N-dealkylation sites (tertiary alicyclic amines) is 1. The first-order chi connectivity index (χ1) is 18.2. The van der Waals surface area contributed by atoms with E-state index in [1.807, 2.05) is 48.8 Å². The molecule has 0 unspecified atom stereocenters. The van der Waals surface area contributed by atoms with Gasteiger partial charge in [0, 0.05) is 30.1 Å². The second kappa shape index (κ2) is 8.90. The number of nitrogens with zero attached hydrogens (tertiary/aromatic N) is 5. The summed E-state index contributed by atoms with van der Waals surface area (Å²) in [6, 6.07) is 18.5. The normalized spacial score (nSPS) is 14.2. The third-order valence-corrected chi connectivity index (χ3v) is 6.98. The molecule has 182 valence electrons. The number of para-hydroxylation sites is 1. The second-order valence-corrected chi connectivity index (χ2v) is 9.53. The molecule has 0 saturated carbocycles. The smallest absolute Gasteiger partial charge is 0.161 e. The minimum absolute atomic E-state index is 0.278. The highest BCUT2D eigenvalue weighted by Crippen LogP contribution is 2.32. The number of aromatic nitrogens is 6. The number of fused-ring (bicyclic) bond motifs is 2. The van der Waals surface area contributed by atoms with Crippen molar-refractivity contribution in [3.8, 4) is 33.9 Å². The summed E-state index contributed by atoms with van der Waals surface area (Å²) >= 11 is 0. The van der Waals surface area contributed by atoms with Gasteiger partial charge in [-0.15, -0.1) is 0 Å². The molecule has 0 spiro atoms. The van der Waals surface area contributed by atoms with Gasteiger partial charge < -0.3 is 4.98 Å². The molecule has 1 aliphatic heterocycles. The van der Waals surface area contributed by atoms with Crippen molar-refractivity contribution in [1.29, 1.82) is 0 Å². The van der Waals surface area contributed by atoms with Gasteiger partial charge in [0.1, 0.15) is 11.3 Å². The Bertz CT molecular complexity index is 1750. The zero-order valence-corrected chi connectivity index (χ0v) is 20.1. The van der Waals surface area contributed by atoms with Crippen molar-refractivity contribution < 1.29 is 4.39 Å². The lowest BCUT2D eigenvalue weighted by molar-refractivity contribution is 0.331. The van der Waals surface area contributed by atoms with Crippen molar-refractivity contribution in [3.63, 3.8) is 0 Å². The Balaban J connectivity index is 1.28. The summed E-state index contributed by atoms with van der Waals surface area (Å²) in [5, 5.41) is 7.61. The lowest BCUT2D eigenvalue weighted by Gasteiger charge is -2.14. The Morgan fingerprint density at radius 3 is 2.62 bits per heavy atom.